The van der Waals surface area contributed by atoms with E-state index in [1.807, 2.05) is 31.0 Å². The maximum Gasteiger partial charge on any atom is 0.175 e. The number of benzene rings is 1. The van der Waals surface area contributed by atoms with Crippen molar-refractivity contribution in [2.24, 2.45) is 0 Å². The van der Waals surface area contributed by atoms with Gasteiger partial charge in [-0.05, 0) is 50.5 Å². The lowest BCUT2D eigenvalue weighted by molar-refractivity contribution is 0.602. The molecule has 116 valence electrons. The number of rotatable bonds is 3. The van der Waals surface area contributed by atoms with Crippen molar-refractivity contribution in [3.05, 3.63) is 41.3 Å². The molecule has 0 spiro atoms. The van der Waals surface area contributed by atoms with E-state index in [-0.39, 0.29) is 0 Å². The van der Waals surface area contributed by atoms with Crippen LogP contribution in [0.25, 0.3) is 0 Å². The third-order valence-electron chi connectivity index (χ3n) is 3.99. The summed E-state index contributed by atoms with van der Waals surface area (Å²) in [6, 6.07) is 6.90. The highest BCUT2D eigenvalue weighted by atomic mass is 32.2. The average Bonchev–Trinajstić information content (AvgIpc) is 2.93. The van der Waals surface area contributed by atoms with Gasteiger partial charge in [0.2, 0.25) is 0 Å². The van der Waals surface area contributed by atoms with Gasteiger partial charge in [0.25, 0.3) is 0 Å². The first-order valence-corrected chi connectivity index (χ1v) is 9.15. The Bertz CT molecular complexity index is 814. The van der Waals surface area contributed by atoms with Crippen molar-refractivity contribution in [3.63, 3.8) is 0 Å². The van der Waals surface area contributed by atoms with Crippen molar-refractivity contribution in [2.45, 2.75) is 31.1 Å². The van der Waals surface area contributed by atoms with Crippen molar-refractivity contribution in [3.8, 4) is 0 Å². The average molecular weight is 317 g/mol. The molecule has 0 aliphatic heterocycles. The normalized spacial score (nSPS) is 14.0. The lowest BCUT2D eigenvalue weighted by Crippen LogP contribution is -2.15. The Balaban J connectivity index is 2.00. The van der Waals surface area contributed by atoms with E-state index in [2.05, 4.69) is 9.97 Å². The van der Waals surface area contributed by atoms with Crippen molar-refractivity contribution in [1.29, 1.82) is 0 Å². The highest BCUT2D eigenvalue weighted by molar-refractivity contribution is 7.90. The molecule has 0 saturated carbocycles. The minimum atomic E-state index is -3.17. The molecule has 0 N–H and O–H groups in total. The fourth-order valence-corrected chi connectivity index (χ4v) is 3.48. The molecule has 2 aromatic rings. The maximum absolute atomic E-state index is 11.5. The van der Waals surface area contributed by atoms with E-state index in [0.717, 1.165) is 42.3 Å². The van der Waals surface area contributed by atoms with Crippen LogP contribution in [0.3, 0.4) is 0 Å². The van der Waals surface area contributed by atoms with Crippen LogP contribution in [-0.2, 0) is 22.7 Å². The van der Waals surface area contributed by atoms with E-state index < -0.39 is 9.84 Å². The highest BCUT2D eigenvalue weighted by Crippen LogP contribution is 2.32. The van der Waals surface area contributed by atoms with Crippen LogP contribution in [-0.4, -0.2) is 31.7 Å². The Morgan fingerprint density at radius 3 is 2.41 bits per heavy atom. The second kappa shape index (κ2) is 5.35. The van der Waals surface area contributed by atoms with Crippen LogP contribution >= 0.6 is 0 Å². The molecule has 0 saturated heterocycles. The summed E-state index contributed by atoms with van der Waals surface area (Å²) in [6.45, 7) is 1.91. The molecular formula is C16H19N3O2S. The first-order valence-electron chi connectivity index (χ1n) is 7.26. The van der Waals surface area contributed by atoms with E-state index in [1.54, 1.807) is 12.1 Å². The van der Waals surface area contributed by atoms with Crippen LogP contribution < -0.4 is 4.90 Å². The minimum absolute atomic E-state index is 0.328. The van der Waals surface area contributed by atoms with Gasteiger partial charge in [-0.3, -0.25) is 0 Å². The zero-order valence-electron chi connectivity index (χ0n) is 13.0. The van der Waals surface area contributed by atoms with Crippen molar-refractivity contribution >= 4 is 21.3 Å². The molecule has 1 aromatic carbocycles. The van der Waals surface area contributed by atoms with Crippen LogP contribution in [0.4, 0.5) is 11.5 Å². The number of hydrogen-bond donors (Lipinski definition) is 0. The van der Waals surface area contributed by atoms with Gasteiger partial charge >= 0.3 is 0 Å². The van der Waals surface area contributed by atoms with Crippen LogP contribution in [0.15, 0.2) is 29.2 Å². The Morgan fingerprint density at radius 2 is 1.77 bits per heavy atom. The zero-order valence-corrected chi connectivity index (χ0v) is 13.8. The summed E-state index contributed by atoms with van der Waals surface area (Å²) < 4.78 is 23.1. The van der Waals surface area contributed by atoms with E-state index in [0.29, 0.717) is 4.90 Å². The predicted octanol–water partition coefficient (Wildman–Crippen LogP) is 2.45. The molecule has 0 unspecified atom stereocenters. The summed E-state index contributed by atoms with van der Waals surface area (Å²) in [5, 5.41) is 0. The van der Waals surface area contributed by atoms with Gasteiger partial charge in [0.1, 0.15) is 11.6 Å². The molecular weight excluding hydrogens is 298 g/mol. The summed E-state index contributed by atoms with van der Waals surface area (Å²) in [5.41, 5.74) is 3.27. The SMILES string of the molecule is Cc1nc2c(c(N(C)c3ccc(S(C)(=O)=O)cc3)n1)CCC2. The fraction of sp³-hybridized carbons (Fsp3) is 0.375. The summed E-state index contributed by atoms with van der Waals surface area (Å²) in [5.74, 6) is 1.70. The van der Waals surface area contributed by atoms with Gasteiger partial charge in [0.15, 0.2) is 9.84 Å². The molecule has 0 bridgehead atoms. The van der Waals surface area contributed by atoms with Crippen molar-refractivity contribution in [2.75, 3.05) is 18.2 Å². The number of fused-ring (bicyclic) bond motifs is 1. The second-order valence-electron chi connectivity index (χ2n) is 5.70. The summed E-state index contributed by atoms with van der Waals surface area (Å²) >= 11 is 0. The highest BCUT2D eigenvalue weighted by Gasteiger charge is 2.21. The summed E-state index contributed by atoms with van der Waals surface area (Å²) in [6.07, 6.45) is 4.33. The van der Waals surface area contributed by atoms with Gasteiger partial charge in [0, 0.05) is 30.2 Å². The number of anilines is 2. The third-order valence-corrected chi connectivity index (χ3v) is 5.12. The Labute approximate surface area is 130 Å². The van der Waals surface area contributed by atoms with Gasteiger partial charge in [-0.15, -0.1) is 0 Å². The monoisotopic (exact) mass is 317 g/mol. The number of nitrogens with zero attached hydrogens (tertiary/aromatic N) is 3. The zero-order chi connectivity index (χ0) is 15.9. The molecule has 0 radical (unpaired) electrons. The molecule has 1 aliphatic rings. The van der Waals surface area contributed by atoms with Gasteiger partial charge in [-0.1, -0.05) is 0 Å². The maximum atomic E-state index is 11.5. The number of hydrogen-bond acceptors (Lipinski definition) is 5. The van der Waals surface area contributed by atoms with E-state index in [1.165, 1.54) is 11.8 Å². The lowest BCUT2D eigenvalue weighted by atomic mass is 10.2. The molecule has 0 fully saturated rings. The standard InChI is InChI=1S/C16H19N3O2S/c1-11-17-15-6-4-5-14(15)16(18-11)19(2)12-7-9-13(10-8-12)22(3,20)21/h7-10H,4-6H2,1-3H3. The van der Waals surface area contributed by atoms with E-state index >= 15 is 0 Å². The van der Waals surface area contributed by atoms with Gasteiger partial charge in [-0.2, -0.15) is 0 Å². The molecule has 5 nitrogen and oxygen atoms in total. The molecule has 0 atom stereocenters. The molecule has 22 heavy (non-hydrogen) atoms. The molecule has 3 rings (SSSR count). The first-order chi connectivity index (χ1) is 10.4. The largest absolute Gasteiger partial charge is 0.329 e. The number of aromatic nitrogens is 2. The van der Waals surface area contributed by atoms with E-state index in [9.17, 15) is 8.42 Å². The Kier molecular flexibility index (Phi) is 3.64. The molecule has 1 aromatic heterocycles. The quantitative estimate of drug-likeness (QED) is 0.870. The van der Waals surface area contributed by atoms with E-state index in [4.69, 9.17) is 0 Å². The topological polar surface area (TPSA) is 63.2 Å². The fourth-order valence-electron chi connectivity index (χ4n) is 2.85. The molecule has 0 amide bonds. The Morgan fingerprint density at radius 1 is 1.09 bits per heavy atom. The van der Waals surface area contributed by atoms with Crippen molar-refractivity contribution < 1.29 is 8.42 Å². The summed E-state index contributed by atoms with van der Waals surface area (Å²) in [4.78, 5) is 11.4. The molecule has 1 aliphatic carbocycles. The van der Waals surface area contributed by atoms with Gasteiger partial charge in [-0.25, -0.2) is 18.4 Å². The predicted molar refractivity (Wildman–Crippen MR) is 86.4 cm³/mol. The van der Waals surface area contributed by atoms with Crippen LogP contribution in [0, 0.1) is 6.92 Å². The molecule has 1 heterocycles. The Hall–Kier alpha value is -1.95. The number of aryl methyl sites for hydroxylation is 2. The first kappa shape index (κ1) is 15.0. The molecule has 6 heteroatoms. The third kappa shape index (κ3) is 2.70. The van der Waals surface area contributed by atoms with Gasteiger partial charge in [0.05, 0.1) is 4.90 Å². The number of sulfone groups is 1. The minimum Gasteiger partial charge on any atom is -0.329 e. The van der Waals surface area contributed by atoms with Crippen molar-refractivity contribution in [1.82, 2.24) is 9.97 Å². The second-order valence-corrected chi connectivity index (χ2v) is 7.71. The van der Waals surface area contributed by atoms with Crippen LogP contribution in [0.2, 0.25) is 0 Å². The van der Waals surface area contributed by atoms with Gasteiger partial charge < -0.3 is 4.90 Å². The lowest BCUT2D eigenvalue weighted by Gasteiger charge is -2.21. The summed E-state index contributed by atoms with van der Waals surface area (Å²) in [7, 11) is -1.22. The van der Waals surface area contributed by atoms with Crippen LogP contribution in [0.1, 0.15) is 23.5 Å². The smallest absolute Gasteiger partial charge is 0.175 e. The van der Waals surface area contributed by atoms with Crippen LogP contribution in [0.5, 0.6) is 0 Å².